The Hall–Kier alpha value is -1.10. The van der Waals surface area contributed by atoms with E-state index in [0.29, 0.717) is 13.0 Å². The Morgan fingerprint density at radius 3 is 2.56 bits per heavy atom. The van der Waals surface area contributed by atoms with Crippen molar-refractivity contribution in [2.24, 2.45) is 11.7 Å². The monoisotopic (exact) mass is 228 g/mol. The molecule has 3 N–H and O–H groups in total. The molecule has 3 unspecified atom stereocenters. The summed E-state index contributed by atoms with van der Waals surface area (Å²) in [6, 6.07) is -0.720. The summed E-state index contributed by atoms with van der Waals surface area (Å²) in [6.45, 7) is 5.82. The molecule has 1 amide bonds. The topological polar surface area (TPSA) is 83.6 Å². The number of likely N-dealkylation sites (tertiary alicyclic amines) is 1. The number of amides is 1. The van der Waals surface area contributed by atoms with E-state index in [1.54, 1.807) is 6.92 Å². The molecule has 0 aliphatic carbocycles. The van der Waals surface area contributed by atoms with E-state index in [-0.39, 0.29) is 11.8 Å². The molecule has 1 rings (SSSR count). The van der Waals surface area contributed by atoms with Crippen LogP contribution in [0, 0.1) is 5.92 Å². The lowest BCUT2D eigenvalue weighted by Gasteiger charge is -2.31. The summed E-state index contributed by atoms with van der Waals surface area (Å²) in [5.41, 5.74) is 4.90. The van der Waals surface area contributed by atoms with Crippen LogP contribution in [0.5, 0.6) is 0 Å². The second-order valence-electron chi connectivity index (χ2n) is 4.82. The van der Waals surface area contributed by atoms with Gasteiger partial charge in [-0.1, -0.05) is 13.8 Å². The molecule has 16 heavy (non-hydrogen) atoms. The van der Waals surface area contributed by atoms with Crippen LogP contribution < -0.4 is 5.73 Å². The van der Waals surface area contributed by atoms with E-state index in [2.05, 4.69) is 0 Å². The van der Waals surface area contributed by atoms with Gasteiger partial charge in [0.15, 0.2) is 0 Å². The third-order valence-electron chi connectivity index (χ3n) is 3.44. The van der Waals surface area contributed by atoms with E-state index < -0.39 is 17.6 Å². The predicted molar refractivity (Wildman–Crippen MR) is 59.8 cm³/mol. The van der Waals surface area contributed by atoms with E-state index in [0.717, 1.165) is 6.42 Å². The zero-order valence-corrected chi connectivity index (χ0v) is 10.1. The molecule has 3 atom stereocenters. The van der Waals surface area contributed by atoms with Crippen molar-refractivity contribution in [3.05, 3.63) is 0 Å². The minimum absolute atomic E-state index is 0.00546. The molecule has 1 aliphatic heterocycles. The second-order valence-corrected chi connectivity index (χ2v) is 4.82. The summed E-state index contributed by atoms with van der Waals surface area (Å²) in [5.74, 6) is -1.20. The minimum atomic E-state index is -0.961. The number of nitrogens with zero attached hydrogens (tertiary/aromatic N) is 1. The molecule has 0 radical (unpaired) electrons. The summed E-state index contributed by atoms with van der Waals surface area (Å²) in [7, 11) is 0. The predicted octanol–water partition coefficient (Wildman–Crippen LogP) is 0.435. The Labute approximate surface area is 95.6 Å². The number of carbonyl (C=O) groups excluding carboxylic acids is 1. The van der Waals surface area contributed by atoms with Crippen LogP contribution in [0.1, 0.15) is 33.6 Å². The normalized spacial score (nSPS) is 28.9. The van der Waals surface area contributed by atoms with Gasteiger partial charge in [-0.3, -0.25) is 4.79 Å². The largest absolute Gasteiger partial charge is 0.480 e. The van der Waals surface area contributed by atoms with Gasteiger partial charge in [0.25, 0.3) is 0 Å². The van der Waals surface area contributed by atoms with Crippen molar-refractivity contribution in [2.75, 3.05) is 6.54 Å². The quantitative estimate of drug-likeness (QED) is 0.734. The van der Waals surface area contributed by atoms with E-state index in [4.69, 9.17) is 10.8 Å². The molecule has 0 saturated carbocycles. The summed E-state index contributed by atoms with van der Waals surface area (Å²) < 4.78 is 0. The first-order valence-corrected chi connectivity index (χ1v) is 5.64. The van der Waals surface area contributed by atoms with Crippen LogP contribution in [-0.2, 0) is 9.59 Å². The van der Waals surface area contributed by atoms with Crippen LogP contribution in [0.4, 0.5) is 0 Å². The van der Waals surface area contributed by atoms with Gasteiger partial charge in [0, 0.05) is 6.54 Å². The van der Waals surface area contributed by atoms with Crippen LogP contribution in [0.3, 0.4) is 0 Å². The standard InChI is InChI=1S/C11H20N2O3/c1-4-11(3,12)10(16)13-6-5-7(2)8(13)9(14)15/h7-8H,4-6,12H2,1-3H3,(H,14,15). The van der Waals surface area contributed by atoms with Gasteiger partial charge in [-0.05, 0) is 25.7 Å². The van der Waals surface area contributed by atoms with Gasteiger partial charge in [0.1, 0.15) is 6.04 Å². The molecule has 5 nitrogen and oxygen atoms in total. The van der Waals surface area contributed by atoms with Crippen molar-refractivity contribution in [3.8, 4) is 0 Å². The number of carboxylic acids is 1. The fourth-order valence-electron chi connectivity index (χ4n) is 2.03. The lowest BCUT2D eigenvalue weighted by atomic mass is 9.97. The third kappa shape index (κ3) is 2.19. The van der Waals surface area contributed by atoms with Crippen molar-refractivity contribution in [1.29, 1.82) is 0 Å². The number of carbonyl (C=O) groups is 2. The molecule has 1 aliphatic rings. The number of hydrogen-bond donors (Lipinski definition) is 2. The van der Waals surface area contributed by atoms with Crippen LogP contribution in [0.15, 0.2) is 0 Å². The molecule has 5 heteroatoms. The Kier molecular flexibility index (Phi) is 3.57. The van der Waals surface area contributed by atoms with Gasteiger partial charge < -0.3 is 15.7 Å². The molecule has 0 aromatic rings. The maximum atomic E-state index is 12.1. The van der Waals surface area contributed by atoms with E-state index in [1.807, 2.05) is 13.8 Å². The smallest absolute Gasteiger partial charge is 0.326 e. The number of carboxylic acid groups (broad SMARTS) is 1. The first-order valence-electron chi connectivity index (χ1n) is 5.64. The Balaban J connectivity index is 2.88. The molecule has 0 aromatic heterocycles. The molecule has 92 valence electrons. The van der Waals surface area contributed by atoms with Gasteiger partial charge in [-0.2, -0.15) is 0 Å². The van der Waals surface area contributed by atoms with Crippen molar-refractivity contribution in [2.45, 2.75) is 45.2 Å². The van der Waals surface area contributed by atoms with E-state index >= 15 is 0 Å². The van der Waals surface area contributed by atoms with Crippen LogP contribution in [0.25, 0.3) is 0 Å². The Bertz CT molecular complexity index is 302. The van der Waals surface area contributed by atoms with Crippen LogP contribution >= 0.6 is 0 Å². The maximum absolute atomic E-state index is 12.1. The highest BCUT2D eigenvalue weighted by Gasteiger charge is 2.43. The highest BCUT2D eigenvalue weighted by atomic mass is 16.4. The van der Waals surface area contributed by atoms with E-state index in [1.165, 1.54) is 4.90 Å². The van der Waals surface area contributed by atoms with Crippen molar-refractivity contribution >= 4 is 11.9 Å². The first kappa shape index (κ1) is 13.0. The average Bonchev–Trinajstić information content (AvgIpc) is 2.58. The summed E-state index contributed by atoms with van der Waals surface area (Å²) >= 11 is 0. The second kappa shape index (κ2) is 4.41. The molecule has 0 bridgehead atoms. The third-order valence-corrected chi connectivity index (χ3v) is 3.44. The lowest BCUT2D eigenvalue weighted by molar-refractivity contribution is -0.151. The highest BCUT2D eigenvalue weighted by Crippen LogP contribution is 2.26. The summed E-state index contributed by atoms with van der Waals surface area (Å²) in [4.78, 5) is 24.6. The van der Waals surface area contributed by atoms with Gasteiger partial charge in [-0.25, -0.2) is 4.79 Å². The van der Waals surface area contributed by atoms with Crippen molar-refractivity contribution < 1.29 is 14.7 Å². The molecule has 1 saturated heterocycles. The number of nitrogens with two attached hydrogens (primary N) is 1. The van der Waals surface area contributed by atoms with Crippen LogP contribution in [-0.4, -0.2) is 40.0 Å². The minimum Gasteiger partial charge on any atom is -0.480 e. The maximum Gasteiger partial charge on any atom is 0.326 e. The fraction of sp³-hybridized carbons (Fsp3) is 0.818. The van der Waals surface area contributed by atoms with Gasteiger partial charge in [0.2, 0.25) is 5.91 Å². The zero-order valence-electron chi connectivity index (χ0n) is 10.1. The number of rotatable bonds is 3. The molecule has 1 heterocycles. The van der Waals surface area contributed by atoms with Crippen LogP contribution in [0.2, 0.25) is 0 Å². The van der Waals surface area contributed by atoms with Gasteiger partial charge >= 0.3 is 5.97 Å². The van der Waals surface area contributed by atoms with Crippen molar-refractivity contribution in [1.82, 2.24) is 4.90 Å². The van der Waals surface area contributed by atoms with Crippen molar-refractivity contribution in [3.63, 3.8) is 0 Å². The van der Waals surface area contributed by atoms with Gasteiger partial charge in [0.05, 0.1) is 5.54 Å². The molecular weight excluding hydrogens is 208 g/mol. The Morgan fingerprint density at radius 2 is 2.12 bits per heavy atom. The summed E-state index contributed by atoms with van der Waals surface area (Å²) in [5, 5.41) is 9.11. The zero-order chi connectivity index (χ0) is 12.5. The fourth-order valence-corrected chi connectivity index (χ4v) is 2.03. The van der Waals surface area contributed by atoms with E-state index in [9.17, 15) is 9.59 Å². The Morgan fingerprint density at radius 1 is 1.56 bits per heavy atom. The lowest BCUT2D eigenvalue weighted by Crippen LogP contribution is -2.56. The molecule has 1 fully saturated rings. The molecule has 0 spiro atoms. The SMILES string of the molecule is CCC(C)(N)C(=O)N1CCC(C)C1C(=O)O. The molecule has 0 aromatic carbocycles. The molecular formula is C11H20N2O3. The highest BCUT2D eigenvalue weighted by molar-refractivity contribution is 5.90. The number of aliphatic carboxylic acids is 1. The summed E-state index contributed by atoms with van der Waals surface area (Å²) in [6.07, 6.45) is 1.23. The first-order chi connectivity index (χ1) is 7.31. The number of hydrogen-bond acceptors (Lipinski definition) is 3. The average molecular weight is 228 g/mol. The van der Waals surface area contributed by atoms with Gasteiger partial charge in [-0.15, -0.1) is 0 Å².